The van der Waals surface area contributed by atoms with E-state index in [0.29, 0.717) is 16.6 Å². The Labute approximate surface area is 166 Å². The standard InChI is InChI=1S/C18H22ClF2N7/c1-12-9-27(10-13(5-22)18(12,20)21)16(3-4-23-2)25-6-14-7-26-17-8-24-15(19)11-28(14)17/h3-4,7-8,11-13H,2,5-6,9-10,22H2,1H3/b4-3-,25-16?. The lowest BCUT2D eigenvalue weighted by Gasteiger charge is -2.43. The van der Waals surface area contributed by atoms with Gasteiger partial charge in [-0.2, -0.15) is 0 Å². The Morgan fingerprint density at radius 3 is 2.93 bits per heavy atom. The fourth-order valence-electron chi connectivity index (χ4n) is 3.31. The number of rotatable bonds is 5. The van der Waals surface area contributed by atoms with E-state index in [4.69, 9.17) is 17.3 Å². The van der Waals surface area contributed by atoms with Crippen molar-refractivity contribution >= 4 is 29.8 Å². The monoisotopic (exact) mass is 409 g/mol. The van der Waals surface area contributed by atoms with Crippen molar-refractivity contribution in [2.45, 2.75) is 19.4 Å². The van der Waals surface area contributed by atoms with Crippen LogP contribution in [0.4, 0.5) is 8.78 Å². The van der Waals surface area contributed by atoms with E-state index in [1.165, 1.54) is 13.1 Å². The zero-order valence-corrected chi connectivity index (χ0v) is 16.2. The molecule has 0 spiro atoms. The first kappa shape index (κ1) is 20.3. The summed E-state index contributed by atoms with van der Waals surface area (Å²) in [5, 5.41) is 0.338. The second-order valence-electron chi connectivity index (χ2n) is 6.77. The van der Waals surface area contributed by atoms with E-state index >= 15 is 0 Å². The second-order valence-corrected chi connectivity index (χ2v) is 7.16. The molecule has 1 saturated heterocycles. The summed E-state index contributed by atoms with van der Waals surface area (Å²) in [6, 6.07) is 0. The van der Waals surface area contributed by atoms with Crippen molar-refractivity contribution in [3.05, 3.63) is 41.7 Å². The smallest absolute Gasteiger partial charge is 0.257 e. The summed E-state index contributed by atoms with van der Waals surface area (Å²) >= 11 is 5.96. The van der Waals surface area contributed by atoms with E-state index in [9.17, 15) is 8.78 Å². The molecule has 2 atom stereocenters. The largest absolute Gasteiger partial charge is 0.356 e. The summed E-state index contributed by atoms with van der Waals surface area (Å²) in [6.07, 6.45) is 8.05. The number of hydrogen-bond acceptors (Lipinski definition) is 5. The number of imidazole rings is 1. The molecule has 28 heavy (non-hydrogen) atoms. The topological polar surface area (TPSA) is 84.2 Å². The van der Waals surface area contributed by atoms with Crippen molar-refractivity contribution in [3.63, 3.8) is 0 Å². The summed E-state index contributed by atoms with van der Waals surface area (Å²) in [5.74, 6) is -4.04. The number of fused-ring (bicyclic) bond motifs is 1. The molecule has 2 N–H and O–H groups in total. The van der Waals surface area contributed by atoms with Gasteiger partial charge in [-0.15, -0.1) is 0 Å². The fourth-order valence-corrected chi connectivity index (χ4v) is 3.45. The van der Waals surface area contributed by atoms with Crippen molar-refractivity contribution < 1.29 is 8.78 Å². The molecule has 0 saturated carbocycles. The molecule has 2 aromatic heterocycles. The summed E-state index contributed by atoms with van der Waals surface area (Å²) in [7, 11) is 0. The number of halogens is 3. The van der Waals surface area contributed by atoms with Gasteiger partial charge in [-0.05, 0) is 12.8 Å². The number of nitrogens with two attached hydrogens (primary N) is 1. The van der Waals surface area contributed by atoms with E-state index in [-0.39, 0.29) is 26.2 Å². The van der Waals surface area contributed by atoms with Gasteiger partial charge in [-0.1, -0.05) is 18.5 Å². The van der Waals surface area contributed by atoms with Gasteiger partial charge in [0.2, 0.25) is 0 Å². The minimum Gasteiger partial charge on any atom is -0.356 e. The average Bonchev–Trinajstić information content (AvgIpc) is 3.06. The average molecular weight is 410 g/mol. The van der Waals surface area contributed by atoms with Crippen molar-refractivity contribution in [2.24, 2.45) is 27.6 Å². The number of aliphatic imine (C=N–C) groups is 2. The molecule has 7 nitrogen and oxygen atoms in total. The lowest BCUT2D eigenvalue weighted by atomic mass is 9.86. The highest BCUT2D eigenvalue weighted by Gasteiger charge is 2.49. The highest BCUT2D eigenvalue weighted by atomic mass is 35.5. The van der Waals surface area contributed by atoms with Crippen LogP contribution in [-0.2, 0) is 6.54 Å². The van der Waals surface area contributed by atoms with Crippen LogP contribution in [0.15, 0.2) is 40.9 Å². The Hall–Kier alpha value is -2.39. The quantitative estimate of drug-likeness (QED) is 0.607. The maximum atomic E-state index is 14.3. The van der Waals surface area contributed by atoms with Crippen LogP contribution >= 0.6 is 11.6 Å². The molecule has 1 aliphatic rings. The molecule has 3 rings (SSSR count). The van der Waals surface area contributed by atoms with Crippen LogP contribution in [0.1, 0.15) is 12.6 Å². The fraction of sp³-hybridized carbons (Fsp3) is 0.444. The minimum atomic E-state index is -2.80. The van der Waals surface area contributed by atoms with Crippen molar-refractivity contribution in [1.29, 1.82) is 0 Å². The number of likely N-dealkylation sites (tertiary alicyclic amines) is 1. The van der Waals surface area contributed by atoms with Gasteiger partial charge in [0.1, 0.15) is 11.0 Å². The molecule has 1 fully saturated rings. The van der Waals surface area contributed by atoms with Crippen LogP contribution in [-0.4, -0.2) is 57.4 Å². The molecule has 1 aliphatic heterocycles. The summed E-state index contributed by atoms with van der Waals surface area (Å²) in [5.41, 5.74) is 7.05. The van der Waals surface area contributed by atoms with Gasteiger partial charge in [0, 0.05) is 37.9 Å². The molecule has 0 bridgehead atoms. The molecule has 10 heteroatoms. The van der Waals surface area contributed by atoms with Gasteiger partial charge in [0.15, 0.2) is 5.65 Å². The minimum absolute atomic E-state index is 0.0939. The summed E-state index contributed by atoms with van der Waals surface area (Å²) in [4.78, 5) is 18.4. The third kappa shape index (κ3) is 4.05. The first-order valence-electron chi connectivity index (χ1n) is 8.84. The highest BCUT2D eigenvalue weighted by molar-refractivity contribution is 6.29. The first-order valence-corrected chi connectivity index (χ1v) is 9.21. The Morgan fingerprint density at radius 1 is 1.43 bits per heavy atom. The molecular formula is C18H22ClF2N7. The maximum absolute atomic E-state index is 14.3. The number of aromatic nitrogens is 3. The summed E-state index contributed by atoms with van der Waals surface area (Å²) in [6.45, 7) is 5.44. The first-order chi connectivity index (χ1) is 13.4. The molecule has 3 heterocycles. The van der Waals surface area contributed by atoms with E-state index in [1.807, 2.05) is 4.90 Å². The maximum Gasteiger partial charge on any atom is 0.257 e. The zero-order chi connectivity index (χ0) is 20.3. The van der Waals surface area contributed by atoms with E-state index in [1.54, 1.807) is 29.1 Å². The van der Waals surface area contributed by atoms with Crippen LogP contribution in [0.5, 0.6) is 0 Å². The Bertz CT molecular complexity index is 908. The van der Waals surface area contributed by atoms with E-state index in [0.717, 1.165) is 5.69 Å². The van der Waals surface area contributed by atoms with Gasteiger partial charge in [0.25, 0.3) is 5.92 Å². The zero-order valence-electron chi connectivity index (χ0n) is 15.5. The van der Waals surface area contributed by atoms with Crippen molar-refractivity contribution in [3.8, 4) is 0 Å². The van der Waals surface area contributed by atoms with Gasteiger partial charge in [-0.3, -0.25) is 14.4 Å². The Balaban J connectivity index is 1.88. The highest BCUT2D eigenvalue weighted by Crippen LogP contribution is 2.37. The number of nitrogens with zero attached hydrogens (tertiary/aromatic N) is 6. The predicted octanol–water partition coefficient (Wildman–Crippen LogP) is 2.66. The SMILES string of the molecule is C=N/C=C\C(=NCc1cnc2cnc(Cl)cn12)N1CC(C)C(F)(F)C(CN)C1. The van der Waals surface area contributed by atoms with Crippen molar-refractivity contribution in [2.75, 3.05) is 19.6 Å². The van der Waals surface area contributed by atoms with Crippen LogP contribution in [0.2, 0.25) is 5.15 Å². The van der Waals surface area contributed by atoms with Crippen LogP contribution in [0.25, 0.3) is 5.65 Å². The van der Waals surface area contributed by atoms with Crippen molar-refractivity contribution in [1.82, 2.24) is 19.3 Å². The van der Waals surface area contributed by atoms with Crippen LogP contribution in [0, 0.1) is 11.8 Å². The molecule has 2 unspecified atom stereocenters. The van der Waals surface area contributed by atoms with Gasteiger partial charge in [0.05, 0.1) is 30.6 Å². The molecule has 0 amide bonds. The van der Waals surface area contributed by atoms with Crippen LogP contribution in [0.3, 0.4) is 0 Å². The van der Waals surface area contributed by atoms with E-state index in [2.05, 4.69) is 26.7 Å². The summed E-state index contributed by atoms with van der Waals surface area (Å²) < 4.78 is 30.5. The predicted molar refractivity (Wildman–Crippen MR) is 106 cm³/mol. The lowest BCUT2D eigenvalue weighted by molar-refractivity contribution is -0.131. The van der Waals surface area contributed by atoms with E-state index < -0.39 is 17.8 Å². The third-order valence-corrected chi connectivity index (χ3v) is 5.11. The molecule has 2 aromatic rings. The Kier molecular flexibility index (Phi) is 6.04. The van der Waals surface area contributed by atoms with Gasteiger partial charge >= 0.3 is 0 Å². The molecule has 0 aliphatic carbocycles. The normalized spacial score (nSPS) is 22.9. The third-order valence-electron chi connectivity index (χ3n) is 4.92. The second kappa shape index (κ2) is 8.32. The number of amidine groups is 1. The van der Waals surface area contributed by atoms with Gasteiger partial charge < -0.3 is 10.6 Å². The van der Waals surface area contributed by atoms with Gasteiger partial charge in [-0.25, -0.2) is 18.7 Å². The molecule has 0 radical (unpaired) electrons. The van der Waals surface area contributed by atoms with Crippen LogP contribution < -0.4 is 5.73 Å². The number of alkyl halides is 2. The Morgan fingerprint density at radius 2 is 2.21 bits per heavy atom. The molecule has 150 valence electrons. The molecular weight excluding hydrogens is 388 g/mol. The number of hydrogen-bond donors (Lipinski definition) is 1. The molecule has 0 aromatic carbocycles. The number of piperidine rings is 1. The lowest BCUT2D eigenvalue weighted by Crippen LogP contribution is -2.56.